The van der Waals surface area contributed by atoms with Crippen molar-refractivity contribution in [3.05, 3.63) is 90.6 Å². The lowest BCUT2D eigenvalue weighted by Crippen LogP contribution is -2.22. The summed E-state index contributed by atoms with van der Waals surface area (Å²) in [6.07, 6.45) is 8.09. The van der Waals surface area contributed by atoms with Gasteiger partial charge in [-0.05, 0) is 61.2 Å². The van der Waals surface area contributed by atoms with Gasteiger partial charge >= 0.3 is 6.03 Å². The number of benzene rings is 2. The largest absolute Gasteiger partial charge is 0.457 e. The second-order valence-corrected chi connectivity index (χ2v) is 10.7. The Morgan fingerprint density at radius 3 is 2.60 bits per heavy atom. The number of ether oxygens (including phenoxy) is 1. The van der Waals surface area contributed by atoms with Crippen LogP contribution in [0.15, 0.2) is 79.1 Å². The fourth-order valence-corrected chi connectivity index (χ4v) is 5.06. The number of urea groups is 1. The fourth-order valence-electron chi connectivity index (χ4n) is 5.06. The van der Waals surface area contributed by atoms with Gasteiger partial charge in [0.25, 0.3) is 0 Å². The number of hydrogen-bond acceptors (Lipinski definition) is 6. The first kappa shape index (κ1) is 27.2. The Morgan fingerprint density at radius 1 is 0.952 bits per heavy atom. The molecular formula is C32H32FN7O2. The zero-order valence-electron chi connectivity index (χ0n) is 23.5. The van der Waals surface area contributed by atoms with E-state index in [1.54, 1.807) is 35.3 Å². The Balaban J connectivity index is 1.15. The molecular weight excluding hydrogens is 533 g/mol. The number of pyridine rings is 2. The molecule has 1 fully saturated rings. The lowest BCUT2D eigenvalue weighted by atomic mass is 10.1. The minimum Gasteiger partial charge on any atom is -0.457 e. The summed E-state index contributed by atoms with van der Waals surface area (Å²) in [6, 6.07) is 19.1. The van der Waals surface area contributed by atoms with Gasteiger partial charge < -0.3 is 15.4 Å². The average Bonchev–Trinajstić information content (AvgIpc) is 3.65. The molecule has 0 spiro atoms. The van der Waals surface area contributed by atoms with E-state index in [1.807, 2.05) is 50.2 Å². The Hall–Kier alpha value is -4.99. The number of rotatable bonds is 8. The highest BCUT2D eigenvalue weighted by molar-refractivity contribution is 5.99. The van der Waals surface area contributed by atoms with Gasteiger partial charge in [-0.1, -0.05) is 32.8 Å². The Labute approximate surface area is 243 Å². The highest BCUT2D eigenvalue weighted by Crippen LogP contribution is 2.29. The Morgan fingerprint density at radius 2 is 1.79 bits per heavy atom. The molecule has 214 valence electrons. The molecule has 9 nitrogen and oxygen atoms in total. The number of nitrogens with zero attached hydrogens (tertiary/aromatic N) is 4. The molecule has 5 aromatic rings. The minimum atomic E-state index is -0.626. The van der Waals surface area contributed by atoms with Crippen molar-refractivity contribution >= 4 is 34.3 Å². The van der Waals surface area contributed by atoms with Crippen molar-refractivity contribution in [2.75, 3.05) is 16.0 Å². The van der Waals surface area contributed by atoms with E-state index in [2.05, 4.69) is 25.9 Å². The lowest BCUT2D eigenvalue weighted by Gasteiger charge is -2.14. The van der Waals surface area contributed by atoms with Crippen molar-refractivity contribution in [3.63, 3.8) is 0 Å². The third-order valence-electron chi connectivity index (χ3n) is 7.26. The maximum Gasteiger partial charge on any atom is 0.324 e. The van der Waals surface area contributed by atoms with Crippen LogP contribution in [-0.2, 0) is 0 Å². The normalized spacial score (nSPS) is 13.4. The molecule has 1 saturated carbocycles. The van der Waals surface area contributed by atoms with Crippen molar-refractivity contribution in [2.24, 2.45) is 0 Å². The highest BCUT2D eigenvalue weighted by atomic mass is 19.1. The molecule has 6 rings (SSSR count). The number of carbonyl (C=O) groups excluding carboxylic acids is 1. The van der Waals surface area contributed by atoms with Gasteiger partial charge in [0.15, 0.2) is 0 Å². The molecule has 2 amide bonds. The molecule has 3 aromatic heterocycles. The summed E-state index contributed by atoms with van der Waals surface area (Å²) in [5, 5.41) is 14.5. The lowest BCUT2D eigenvalue weighted by molar-refractivity contribution is 0.262. The number of anilines is 3. The molecule has 10 heteroatoms. The topological polar surface area (TPSA) is 106 Å². The molecule has 1 aliphatic carbocycles. The van der Waals surface area contributed by atoms with Crippen LogP contribution in [0, 0.1) is 5.82 Å². The first-order chi connectivity index (χ1) is 20.4. The van der Waals surface area contributed by atoms with E-state index >= 15 is 4.39 Å². The van der Waals surface area contributed by atoms with E-state index in [1.165, 1.54) is 25.0 Å². The van der Waals surface area contributed by atoms with Gasteiger partial charge in [-0.15, -0.1) is 0 Å². The third-order valence-corrected chi connectivity index (χ3v) is 7.26. The molecule has 1 aliphatic rings. The molecule has 0 bridgehead atoms. The summed E-state index contributed by atoms with van der Waals surface area (Å²) in [5.74, 6) is 1.55. The molecule has 0 unspecified atom stereocenters. The number of halogens is 1. The SMILES string of the molecule is CC(C)c1cc(NC(=O)Nc2ccc(Oc3ccnc(NC4CCCC4)c3)cc2F)n(-c2ccc3ncccc3c2)n1. The van der Waals surface area contributed by atoms with Gasteiger partial charge in [-0.2, -0.15) is 5.10 Å². The summed E-state index contributed by atoms with van der Waals surface area (Å²) in [5.41, 5.74) is 2.45. The predicted molar refractivity (Wildman–Crippen MR) is 162 cm³/mol. The quantitative estimate of drug-likeness (QED) is 0.177. The van der Waals surface area contributed by atoms with Crippen LogP contribution in [0.1, 0.15) is 51.1 Å². The molecule has 0 aliphatic heterocycles. The molecule has 42 heavy (non-hydrogen) atoms. The summed E-state index contributed by atoms with van der Waals surface area (Å²) in [6.45, 7) is 4.05. The third kappa shape index (κ3) is 6.17. The number of hydrogen-bond donors (Lipinski definition) is 3. The summed E-state index contributed by atoms with van der Waals surface area (Å²) in [7, 11) is 0. The van der Waals surface area contributed by atoms with Gasteiger partial charge in [0.1, 0.15) is 29.0 Å². The van der Waals surface area contributed by atoms with Crippen molar-refractivity contribution in [1.82, 2.24) is 19.7 Å². The molecule has 0 radical (unpaired) electrons. The fraction of sp³-hybridized carbons (Fsp3) is 0.250. The van der Waals surface area contributed by atoms with Crippen LogP contribution in [0.3, 0.4) is 0 Å². The van der Waals surface area contributed by atoms with Gasteiger partial charge in [-0.3, -0.25) is 10.3 Å². The number of carbonyl (C=O) groups is 1. The van der Waals surface area contributed by atoms with Crippen LogP contribution >= 0.6 is 0 Å². The van der Waals surface area contributed by atoms with Gasteiger partial charge in [0.05, 0.1) is 22.6 Å². The summed E-state index contributed by atoms with van der Waals surface area (Å²) < 4.78 is 22.6. The van der Waals surface area contributed by atoms with Crippen molar-refractivity contribution < 1.29 is 13.9 Å². The standard InChI is InChI=1S/C32H32FN7O2/c1-20(2)29-19-31(40(39-29)23-9-11-27-21(16-23)6-5-14-34-27)38-32(41)37-28-12-10-24(17-26(28)33)42-25-13-15-35-30(18-25)36-22-7-3-4-8-22/h5-6,9-20,22H,3-4,7-8H2,1-2H3,(H,35,36)(H2,37,38,41). The molecule has 0 atom stereocenters. The maximum absolute atomic E-state index is 15.0. The van der Waals surface area contributed by atoms with E-state index in [0.717, 1.165) is 40.9 Å². The summed E-state index contributed by atoms with van der Waals surface area (Å²) in [4.78, 5) is 21.7. The van der Waals surface area contributed by atoms with Crippen LogP contribution in [0.25, 0.3) is 16.6 Å². The zero-order valence-corrected chi connectivity index (χ0v) is 23.5. The van der Waals surface area contributed by atoms with Crippen molar-refractivity contribution in [1.29, 1.82) is 0 Å². The Kier molecular flexibility index (Phi) is 7.68. The molecule has 3 N–H and O–H groups in total. The molecule has 0 saturated heterocycles. The van der Waals surface area contributed by atoms with Crippen LogP contribution in [-0.4, -0.2) is 31.8 Å². The van der Waals surface area contributed by atoms with Gasteiger partial charge in [-0.25, -0.2) is 18.9 Å². The monoisotopic (exact) mass is 565 g/mol. The maximum atomic E-state index is 15.0. The Bertz CT molecular complexity index is 1730. The van der Waals surface area contributed by atoms with E-state index in [9.17, 15) is 4.79 Å². The minimum absolute atomic E-state index is 0.0186. The predicted octanol–water partition coefficient (Wildman–Crippen LogP) is 7.87. The first-order valence-electron chi connectivity index (χ1n) is 14.1. The number of amides is 2. The van der Waals surface area contributed by atoms with Crippen LogP contribution in [0.4, 0.5) is 26.5 Å². The van der Waals surface area contributed by atoms with Crippen LogP contribution in [0.5, 0.6) is 11.5 Å². The molecule has 2 aromatic carbocycles. The summed E-state index contributed by atoms with van der Waals surface area (Å²) >= 11 is 0. The first-order valence-corrected chi connectivity index (χ1v) is 14.1. The second kappa shape index (κ2) is 11.9. The smallest absolute Gasteiger partial charge is 0.324 e. The van der Waals surface area contributed by atoms with Gasteiger partial charge in [0, 0.05) is 42.0 Å². The van der Waals surface area contributed by atoms with E-state index in [-0.39, 0.29) is 11.6 Å². The zero-order chi connectivity index (χ0) is 29.1. The van der Waals surface area contributed by atoms with E-state index in [0.29, 0.717) is 23.4 Å². The van der Waals surface area contributed by atoms with Crippen molar-refractivity contribution in [2.45, 2.75) is 51.5 Å². The number of aromatic nitrogens is 4. The second-order valence-electron chi connectivity index (χ2n) is 10.7. The van der Waals surface area contributed by atoms with Crippen LogP contribution in [0.2, 0.25) is 0 Å². The van der Waals surface area contributed by atoms with Crippen molar-refractivity contribution in [3.8, 4) is 17.2 Å². The average molecular weight is 566 g/mol. The van der Waals surface area contributed by atoms with E-state index < -0.39 is 11.8 Å². The molecule has 3 heterocycles. The number of nitrogens with one attached hydrogen (secondary N) is 3. The number of fused-ring (bicyclic) bond motifs is 1. The van der Waals surface area contributed by atoms with Gasteiger partial charge in [0.2, 0.25) is 0 Å². The van der Waals surface area contributed by atoms with Crippen LogP contribution < -0.4 is 20.7 Å². The van der Waals surface area contributed by atoms with E-state index in [4.69, 9.17) is 9.84 Å². The highest BCUT2D eigenvalue weighted by Gasteiger charge is 2.17.